The molecule has 5 aliphatic rings. The molecule has 0 unspecified atom stereocenters. The Kier molecular flexibility index (Phi) is 7.31. The van der Waals surface area contributed by atoms with E-state index in [2.05, 4.69) is 33.4 Å². The zero-order valence-electron chi connectivity index (χ0n) is 24.3. The molecule has 8 rings (SSSR count). The predicted octanol–water partition coefficient (Wildman–Crippen LogP) is 7.31. The third-order valence-corrected chi connectivity index (χ3v) is 10.5. The molecule has 226 valence electrons. The Bertz CT molecular complexity index is 1670. The number of halogens is 2. The van der Waals surface area contributed by atoms with Crippen LogP contribution in [0.4, 0.5) is 14.9 Å². The van der Waals surface area contributed by atoms with Crippen molar-refractivity contribution in [3.05, 3.63) is 93.2 Å². The minimum Gasteiger partial charge on any atom is -0.493 e. The number of carbonyl (C=O) groups is 3. The molecular formula is C35H32BrFN2O5. The van der Waals surface area contributed by atoms with E-state index in [4.69, 9.17) is 9.47 Å². The first kappa shape index (κ1) is 28.8. The van der Waals surface area contributed by atoms with Gasteiger partial charge in [0.1, 0.15) is 18.0 Å². The normalized spacial score (nSPS) is 26.7. The number of ether oxygens (including phenoxy) is 2. The van der Waals surface area contributed by atoms with Crippen molar-refractivity contribution in [1.82, 2.24) is 5.32 Å². The number of hydrogen-bond acceptors (Lipinski definition) is 5. The van der Waals surface area contributed by atoms with E-state index in [1.54, 1.807) is 30.3 Å². The summed E-state index contributed by atoms with van der Waals surface area (Å²) in [6.07, 6.45) is 9.13. The van der Waals surface area contributed by atoms with E-state index in [-0.39, 0.29) is 23.4 Å². The third-order valence-electron chi connectivity index (χ3n) is 9.80. The van der Waals surface area contributed by atoms with Gasteiger partial charge >= 0.3 is 6.03 Å². The third kappa shape index (κ3) is 5.11. The van der Waals surface area contributed by atoms with Crippen molar-refractivity contribution in [2.75, 3.05) is 12.0 Å². The van der Waals surface area contributed by atoms with E-state index in [0.29, 0.717) is 32.8 Å². The Morgan fingerprint density at radius 3 is 2.25 bits per heavy atom. The lowest BCUT2D eigenvalue weighted by molar-refractivity contribution is -0.122. The summed E-state index contributed by atoms with van der Waals surface area (Å²) >= 11 is 3.49. The molecule has 0 aromatic heterocycles. The van der Waals surface area contributed by atoms with Crippen LogP contribution in [0.15, 0.2) is 70.7 Å². The Morgan fingerprint density at radius 2 is 1.61 bits per heavy atom. The van der Waals surface area contributed by atoms with Gasteiger partial charge in [-0.1, -0.05) is 46.3 Å². The molecule has 1 heterocycles. The largest absolute Gasteiger partial charge is 0.493 e. The number of anilines is 1. The minimum atomic E-state index is -0.785. The van der Waals surface area contributed by atoms with Gasteiger partial charge in [0.05, 0.1) is 12.8 Å². The van der Waals surface area contributed by atoms with Gasteiger partial charge in [0, 0.05) is 10.0 Å². The zero-order valence-corrected chi connectivity index (χ0v) is 25.9. The summed E-state index contributed by atoms with van der Waals surface area (Å²) in [5.74, 6) is 1.21. The van der Waals surface area contributed by atoms with E-state index in [9.17, 15) is 18.8 Å². The maximum absolute atomic E-state index is 14.1. The van der Waals surface area contributed by atoms with Crippen LogP contribution in [-0.2, 0) is 21.6 Å². The van der Waals surface area contributed by atoms with Gasteiger partial charge in [-0.3, -0.25) is 14.9 Å². The molecule has 7 nitrogen and oxygen atoms in total. The molecule has 0 radical (unpaired) electrons. The topological polar surface area (TPSA) is 84.9 Å². The fourth-order valence-electron chi connectivity index (χ4n) is 8.18. The van der Waals surface area contributed by atoms with Gasteiger partial charge in [-0.25, -0.2) is 14.1 Å². The van der Waals surface area contributed by atoms with Crippen LogP contribution in [0.2, 0.25) is 0 Å². The SMILES string of the molecule is COc1cc(/C=C2\C(=O)NC(=O)N(c3ccc(C45CC6CC(CC(C6)C4)C5)cc3)C2=O)c(Br)cc1OCc1ccccc1F. The predicted molar refractivity (Wildman–Crippen MR) is 167 cm³/mol. The number of rotatable bonds is 7. The van der Waals surface area contributed by atoms with Crippen molar-refractivity contribution in [1.29, 1.82) is 0 Å². The molecule has 0 atom stereocenters. The number of nitrogens with one attached hydrogen (secondary N) is 1. The lowest BCUT2D eigenvalue weighted by atomic mass is 9.48. The maximum Gasteiger partial charge on any atom is 0.335 e. The first-order chi connectivity index (χ1) is 21.2. The minimum absolute atomic E-state index is 0.0183. The number of benzene rings is 3. The highest BCUT2D eigenvalue weighted by atomic mass is 79.9. The number of urea groups is 1. The summed E-state index contributed by atoms with van der Waals surface area (Å²) in [5, 5.41) is 2.31. The smallest absolute Gasteiger partial charge is 0.335 e. The number of nitrogens with zero attached hydrogens (tertiary/aromatic N) is 1. The van der Waals surface area contributed by atoms with Gasteiger partial charge in [-0.15, -0.1) is 0 Å². The average molecular weight is 660 g/mol. The van der Waals surface area contributed by atoms with Gasteiger partial charge < -0.3 is 9.47 Å². The van der Waals surface area contributed by atoms with Gasteiger partial charge in [-0.05, 0) is 109 Å². The molecule has 4 saturated carbocycles. The highest BCUT2D eigenvalue weighted by molar-refractivity contribution is 9.10. The molecule has 4 bridgehead atoms. The molecule has 1 saturated heterocycles. The Labute approximate surface area is 263 Å². The highest BCUT2D eigenvalue weighted by Gasteiger charge is 2.51. The van der Waals surface area contributed by atoms with Crippen molar-refractivity contribution in [2.45, 2.75) is 50.5 Å². The zero-order chi connectivity index (χ0) is 30.6. The van der Waals surface area contributed by atoms with E-state index in [1.165, 1.54) is 63.3 Å². The molecule has 1 aliphatic heterocycles. The second kappa shape index (κ2) is 11.2. The fraction of sp³-hybridized carbons (Fsp3) is 0.343. The molecule has 9 heteroatoms. The van der Waals surface area contributed by atoms with Crippen LogP contribution in [-0.4, -0.2) is 25.0 Å². The number of barbiturate groups is 1. The number of imide groups is 2. The van der Waals surface area contributed by atoms with E-state index >= 15 is 0 Å². The number of amides is 4. The Morgan fingerprint density at radius 1 is 0.955 bits per heavy atom. The van der Waals surface area contributed by atoms with Crippen LogP contribution in [0.3, 0.4) is 0 Å². The molecule has 5 fully saturated rings. The van der Waals surface area contributed by atoms with E-state index in [1.807, 2.05) is 12.1 Å². The molecular weight excluding hydrogens is 627 g/mol. The van der Waals surface area contributed by atoms with Crippen molar-refractivity contribution in [2.24, 2.45) is 17.8 Å². The summed E-state index contributed by atoms with van der Waals surface area (Å²) < 4.78 is 25.9. The van der Waals surface area contributed by atoms with Crippen molar-refractivity contribution < 1.29 is 28.2 Å². The average Bonchev–Trinajstić information content (AvgIpc) is 2.99. The Balaban J connectivity index is 1.14. The van der Waals surface area contributed by atoms with Crippen molar-refractivity contribution in [3.8, 4) is 11.5 Å². The van der Waals surface area contributed by atoms with Crippen LogP contribution in [0.25, 0.3) is 6.08 Å². The van der Waals surface area contributed by atoms with Crippen LogP contribution < -0.4 is 19.7 Å². The summed E-state index contributed by atoms with van der Waals surface area (Å²) in [7, 11) is 1.46. The monoisotopic (exact) mass is 658 g/mol. The second-order valence-corrected chi connectivity index (χ2v) is 13.5. The fourth-order valence-corrected chi connectivity index (χ4v) is 8.62. The summed E-state index contributed by atoms with van der Waals surface area (Å²) in [4.78, 5) is 40.5. The number of hydrogen-bond donors (Lipinski definition) is 1. The van der Waals surface area contributed by atoms with Crippen LogP contribution >= 0.6 is 15.9 Å². The van der Waals surface area contributed by atoms with Gasteiger partial charge in [-0.2, -0.15) is 0 Å². The number of carbonyl (C=O) groups excluding carboxylic acids is 3. The Hall–Kier alpha value is -3.98. The van der Waals surface area contributed by atoms with Gasteiger partial charge in [0.15, 0.2) is 11.5 Å². The van der Waals surface area contributed by atoms with E-state index < -0.39 is 17.8 Å². The molecule has 4 amide bonds. The van der Waals surface area contributed by atoms with Gasteiger partial charge in [0.2, 0.25) is 0 Å². The van der Waals surface area contributed by atoms with Crippen molar-refractivity contribution >= 4 is 45.5 Å². The molecule has 4 aliphatic carbocycles. The summed E-state index contributed by atoms with van der Waals surface area (Å²) in [5.41, 5.74) is 2.54. The highest BCUT2D eigenvalue weighted by Crippen LogP contribution is 2.60. The molecule has 1 N–H and O–H groups in total. The lowest BCUT2D eigenvalue weighted by Gasteiger charge is -2.57. The lowest BCUT2D eigenvalue weighted by Crippen LogP contribution is -2.54. The molecule has 3 aromatic rings. The first-order valence-corrected chi connectivity index (χ1v) is 15.8. The van der Waals surface area contributed by atoms with Gasteiger partial charge in [0.25, 0.3) is 11.8 Å². The van der Waals surface area contributed by atoms with E-state index in [0.717, 1.165) is 22.7 Å². The van der Waals surface area contributed by atoms with Crippen LogP contribution in [0, 0.1) is 23.6 Å². The quantitative estimate of drug-likeness (QED) is 0.213. The molecule has 44 heavy (non-hydrogen) atoms. The van der Waals surface area contributed by atoms with Crippen LogP contribution in [0.1, 0.15) is 55.2 Å². The summed E-state index contributed by atoms with van der Waals surface area (Å²) in [6.45, 7) is -0.0183. The van der Waals surface area contributed by atoms with Crippen molar-refractivity contribution in [3.63, 3.8) is 0 Å². The number of methoxy groups -OCH3 is 1. The van der Waals surface area contributed by atoms with Crippen LogP contribution in [0.5, 0.6) is 11.5 Å². The summed E-state index contributed by atoms with van der Waals surface area (Å²) in [6, 6.07) is 16.5. The maximum atomic E-state index is 14.1. The second-order valence-electron chi connectivity index (χ2n) is 12.6. The first-order valence-electron chi connectivity index (χ1n) is 15.0. The standard InChI is InChI=1S/C35H32BrFN2O5/c1-43-30-14-24(28(36)15-31(30)44-19-23-4-2-3-5-29(23)37)13-27-32(40)38-34(42)39(33(27)41)26-8-6-25(7-9-26)35-16-20-10-21(17-35)12-22(11-20)18-35/h2-9,13-15,20-22H,10-12,16-19H2,1H3,(H,38,40,42)/b27-13+. The molecule has 3 aromatic carbocycles. The molecule has 0 spiro atoms.